The molecule has 1 heterocycles. The van der Waals surface area contributed by atoms with Crippen molar-refractivity contribution in [2.45, 2.75) is 19.3 Å². The van der Waals surface area contributed by atoms with Gasteiger partial charge in [0.05, 0.1) is 11.6 Å². The Balaban J connectivity index is 2.08. The van der Waals surface area contributed by atoms with Crippen molar-refractivity contribution in [2.24, 2.45) is 0 Å². The van der Waals surface area contributed by atoms with Gasteiger partial charge in [0.1, 0.15) is 0 Å². The van der Waals surface area contributed by atoms with Crippen LogP contribution in [0, 0.1) is 11.3 Å². The molecule has 0 unspecified atom stereocenters. The van der Waals surface area contributed by atoms with Crippen LogP contribution in [-0.4, -0.2) is 31.7 Å². The maximum Gasteiger partial charge on any atom is 0.304 e. The van der Waals surface area contributed by atoms with Crippen LogP contribution in [0.3, 0.4) is 0 Å². The second kappa shape index (κ2) is 6.03. The summed E-state index contributed by atoms with van der Waals surface area (Å²) in [4.78, 5) is 11.9. The van der Waals surface area contributed by atoms with E-state index in [4.69, 9.17) is 5.26 Å². The van der Waals surface area contributed by atoms with Crippen molar-refractivity contribution in [1.29, 1.82) is 5.26 Å². The molecule has 0 atom stereocenters. The summed E-state index contributed by atoms with van der Waals surface area (Å²) in [6.45, 7) is 0.881. The molecule has 20 heavy (non-hydrogen) atoms. The third kappa shape index (κ3) is 3.35. The smallest absolute Gasteiger partial charge is 0.268 e. The van der Waals surface area contributed by atoms with Crippen LogP contribution in [0.15, 0.2) is 24.3 Å². The van der Waals surface area contributed by atoms with Gasteiger partial charge in [-0.2, -0.15) is 18.0 Å². The van der Waals surface area contributed by atoms with E-state index < -0.39 is 16.1 Å². The zero-order valence-electron chi connectivity index (χ0n) is 10.9. The number of benzene rings is 1. The van der Waals surface area contributed by atoms with Crippen LogP contribution in [0.4, 0.5) is 0 Å². The fraction of sp³-hybridized carbons (Fsp3) is 0.385. The van der Waals surface area contributed by atoms with Crippen LogP contribution in [0.5, 0.6) is 0 Å². The minimum absolute atomic E-state index is 0.213. The lowest BCUT2D eigenvalue weighted by atomic mass is 10.1. The van der Waals surface area contributed by atoms with Gasteiger partial charge in [0.2, 0.25) is 0 Å². The van der Waals surface area contributed by atoms with Crippen LogP contribution in [0.1, 0.15) is 35.2 Å². The number of nitriles is 1. The van der Waals surface area contributed by atoms with E-state index in [2.05, 4.69) is 4.72 Å². The van der Waals surface area contributed by atoms with Crippen LogP contribution in [0.25, 0.3) is 0 Å². The van der Waals surface area contributed by atoms with E-state index >= 15 is 0 Å². The molecule has 0 saturated carbocycles. The molecule has 0 spiro atoms. The second-order valence-electron chi connectivity index (χ2n) is 4.59. The maximum atomic E-state index is 12.0. The zero-order chi connectivity index (χ0) is 14.6. The zero-order valence-corrected chi connectivity index (χ0v) is 11.7. The molecule has 6 nitrogen and oxygen atoms in total. The number of nitrogens with zero attached hydrogens (tertiary/aromatic N) is 2. The topological polar surface area (TPSA) is 90.3 Å². The van der Waals surface area contributed by atoms with Gasteiger partial charge in [-0.05, 0) is 37.1 Å². The number of hydrogen-bond donors (Lipinski definition) is 1. The number of nitrogens with one attached hydrogen (secondary N) is 1. The number of carbonyl (C=O) groups excluding carboxylic acids is 1. The van der Waals surface area contributed by atoms with Crippen molar-refractivity contribution in [3.8, 4) is 6.07 Å². The van der Waals surface area contributed by atoms with E-state index in [0.717, 1.165) is 19.3 Å². The highest BCUT2D eigenvalue weighted by molar-refractivity contribution is 7.87. The number of hydrogen-bond acceptors (Lipinski definition) is 4. The predicted molar refractivity (Wildman–Crippen MR) is 73.0 cm³/mol. The number of rotatable bonds is 3. The first kappa shape index (κ1) is 14.5. The van der Waals surface area contributed by atoms with Crippen molar-refractivity contribution in [3.05, 3.63) is 35.4 Å². The van der Waals surface area contributed by atoms with Crippen molar-refractivity contribution >= 4 is 16.1 Å². The van der Waals surface area contributed by atoms with Crippen molar-refractivity contribution in [2.75, 3.05) is 13.1 Å². The Bertz CT molecular complexity index is 626. The molecule has 2 rings (SSSR count). The summed E-state index contributed by atoms with van der Waals surface area (Å²) >= 11 is 0. The number of piperidine rings is 1. The average Bonchev–Trinajstić information content (AvgIpc) is 2.48. The molecule has 0 bridgehead atoms. The minimum Gasteiger partial charge on any atom is -0.268 e. The molecule has 1 aromatic carbocycles. The summed E-state index contributed by atoms with van der Waals surface area (Å²) in [6.07, 6.45) is 2.63. The van der Waals surface area contributed by atoms with Gasteiger partial charge in [-0.25, -0.2) is 4.72 Å². The summed E-state index contributed by atoms with van der Waals surface area (Å²) in [7, 11) is -3.78. The minimum atomic E-state index is -3.78. The summed E-state index contributed by atoms with van der Waals surface area (Å²) in [6, 6.07) is 7.74. The molecule has 1 fully saturated rings. The van der Waals surface area contributed by atoms with Gasteiger partial charge in [-0.15, -0.1) is 0 Å². The Morgan fingerprint density at radius 1 is 1.15 bits per heavy atom. The summed E-state index contributed by atoms with van der Waals surface area (Å²) in [5, 5.41) is 8.67. The highest BCUT2D eigenvalue weighted by Crippen LogP contribution is 2.12. The molecule has 1 aliphatic rings. The van der Waals surface area contributed by atoms with Gasteiger partial charge >= 0.3 is 10.2 Å². The summed E-state index contributed by atoms with van der Waals surface area (Å²) < 4.78 is 27.4. The Morgan fingerprint density at radius 3 is 2.30 bits per heavy atom. The van der Waals surface area contributed by atoms with Gasteiger partial charge in [0.25, 0.3) is 5.91 Å². The summed E-state index contributed by atoms with van der Waals surface area (Å²) in [5.74, 6) is -0.680. The first-order valence-electron chi connectivity index (χ1n) is 6.35. The Morgan fingerprint density at radius 2 is 1.75 bits per heavy atom. The van der Waals surface area contributed by atoms with E-state index in [1.165, 1.54) is 28.6 Å². The molecule has 106 valence electrons. The highest BCUT2D eigenvalue weighted by atomic mass is 32.2. The second-order valence-corrected chi connectivity index (χ2v) is 6.26. The maximum absolute atomic E-state index is 12.0. The van der Waals surface area contributed by atoms with Gasteiger partial charge in [-0.3, -0.25) is 4.79 Å². The Kier molecular flexibility index (Phi) is 4.37. The molecule has 1 N–H and O–H groups in total. The monoisotopic (exact) mass is 293 g/mol. The molecular weight excluding hydrogens is 278 g/mol. The Hall–Kier alpha value is -1.91. The number of carbonyl (C=O) groups is 1. The lowest BCUT2D eigenvalue weighted by molar-refractivity contribution is 0.0978. The first-order valence-corrected chi connectivity index (χ1v) is 7.79. The van der Waals surface area contributed by atoms with Crippen LogP contribution < -0.4 is 4.72 Å². The van der Waals surface area contributed by atoms with E-state index in [-0.39, 0.29) is 5.56 Å². The van der Waals surface area contributed by atoms with Crippen LogP contribution >= 0.6 is 0 Å². The molecule has 1 amide bonds. The SMILES string of the molecule is N#Cc1ccc(C(=O)NS(=O)(=O)N2CCCCC2)cc1. The predicted octanol–water partition coefficient (Wildman–Crippen LogP) is 1.02. The van der Waals surface area contributed by atoms with E-state index in [0.29, 0.717) is 18.7 Å². The van der Waals surface area contributed by atoms with Crippen LogP contribution in [0.2, 0.25) is 0 Å². The third-order valence-corrected chi connectivity index (χ3v) is 4.64. The quantitative estimate of drug-likeness (QED) is 0.900. The largest absolute Gasteiger partial charge is 0.304 e. The van der Waals surface area contributed by atoms with Gasteiger partial charge in [0, 0.05) is 18.7 Å². The highest BCUT2D eigenvalue weighted by Gasteiger charge is 2.25. The first-order chi connectivity index (χ1) is 9.53. The molecular formula is C13H15N3O3S. The normalized spacial score (nSPS) is 16.4. The van der Waals surface area contributed by atoms with E-state index in [9.17, 15) is 13.2 Å². The molecule has 1 aromatic rings. The molecule has 1 saturated heterocycles. The fourth-order valence-corrected chi connectivity index (χ4v) is 3.26. The Labute approximate surface area is 118 Å². The third-order valence-electron chi connectivity index (χ3n) is 3.15. The number of amides is 1. The van der Waals surface area contributed by atoms with Gasteiger partial charge < -0.3 is 0 Å². The lowest BCUT2D eigenvalue weighted by Crippen LogP contribution is -2.45. The van der Waals surface area contributed by atoms with Crippen molar-refractivity contribution in [1.82, 2.24) is 9.03 Å². The molecule has 1 aliphatic heterocycles. The fourth-order valence-electron chi connectivity index (χ4n) is 2.04. The van der Waals surface area contributed by atoms with Crippen molar-refractivity contribution in [3.63, 3.8) is 0 Å². The average molecular weight is 293 g/mol. The van der Waals surface area contributed by atoms with Crippen molar-refractivity contribution < 1.29 is 13.2 Å². The lowest BCUT2D eigenvalue weighted by Gasteiger charge is -2.25. The molecule has 7 heteroatoms. The molecule has 0 radical (unpaired) electrons. The van der Waals surface area contributed by atoms with E-state index in [1.807, 2.05) is 6.07 Å². The summed E-state index contributed by atoms with van der Waals surface area (Å²) in [5.41, 5.74) is 0.630. The standard InChI is InChI=1S/C13H15N3O3S/c14-10-11-4-6-12(7-5-11)13(17)15-20(18,19)16-8-2-1-3-9-16/h4-7H,1-3,8-9H2,(H,15,17). The molecule has 0 aromatic heterocycles. The molecule has 0 aliphatic carbocycles. The van der Waals surface area contributed by atoms with Gasteiger partial charge in [-0.1, -0.05) is 6.42 Å². The van der Waals surface area contributed by atoms with Gasteiger partial charge in [0.15, 0.2) is 0 Å². The van der Waals surface area contributed by atoms with Crippen LogP contribution in [-0.2, 0) is 10.2 Å². The van der Waals surface area contributed by atoms with E-state index in [1.54, 1.807) is 0 Å².